The van der Waals surface area contributed by atoms with Gasteiger partial charge in [0.15, 0.2) is 0 Å². The minimum Gasteiger partial charge on any atom is -0.381 e. The number of nitrogens with one attached hydrogen (secondary N) is 1. The van der Waals surface area contributed by atoms with E-state index in [0.717, 1.165) is 17.5 Å². The topological polar surface area (TPSA) is 54.2 Å². The highest BCUT2D eigenvalue weighted by Gasteiger charge is 2.51. The van der Waals surface area contributed by atoms with Gasteiger partial charge in [-0.1, -0.05) is 19.3 Å². The predicted octanol–water partition coefficient (Wildman–Crippen LogP) is 4.09. The number of fused-ring (bicyclic) bond motifs is 1. The maximum absolute atomic E-state index is 5.98. The Morgan fingerprint density at radius 2 is 1.85 bits per heavy atom. The zero-order chi connectivity index (χ0) is 17.7. The molecule has 3 aliphatic carbocycles. The second kappa shape index (κ2) is 6.40. The minimum atomic E-state index is 0.465. The van der Waals surface area contributed by atoms with Crippen LogP contribution in [0, 0.1) is 24.2 Å². The zero-order valence-electron chi connectivity index (χ0n) is 16.2. The predicted molar refractivity (Wildman–Crippen MR) is 108 cm³/mol. The van der Waals surface area contributed by atoms with Gasteiger partial charge in [0.05, 0.1) is 11.4 Å². The molecule has 0 amide bonds. The standard InChI is InChI=1S/C22H34N4/c1-15-20(25-19-12-22(13-19)10-18(23)11-22)6-7-21(24-15)26-9-8-16-4-2-3-5-17(16)14-26/h6-7,16-19,25H,2-5,8-14,23H2,1H3/t16-,17-,18?,19?,22?/m1/s1. The van der Waals surface area contributed by atoms with Crippen LogP contribution < -0.4 is 16.0 Å². The normalized spacial score (nSPS) is 39.1. The van der Waals surface area contributed by atoms with Crippen molar-refractivity contribution in [1.29, 1.82) is 0 Å². The number of pyridine rings is 1. The van der Waals surface area contributed by atoms with E-state index in [2.05, 4.69) is 29.3 Å². The van der Waals surface area contributed by atoms with Crippen LogP contribution in [0.15, 0.2) is 12.1 Å². The highest BCUT2D eigenvalue weighted by atomic mass is 15.2. The number of hydrogen-bond donors (Lipinski definition) is 2. The largest absolute Gasteiger partial charge is 0.381 e. The Morgan fingerprint density at radius 1 is 1.08 bits per heavy atom. The smallest absolute Gasteiger partial charge is 0.128 e. The monoisotopic (exact) mass is 354 g/mol. The van der Waals surface area contributed by atoms with E-state index in [4.69, 9.17) is 10.7 Å². The number of nitrogens with two attached hydrogens (primary N) is 1. The molecule has 0 unspecified atom stereocenters. The molecule has 0 radical (unpaired) electrons. The number of rotatable bonds is 3. The molecule has 1 aliphatic heterocycles. The van der Waals surface area contributed by atoms with Gasteiger partial charge in [-0.25, -0.2) is 4.98 Å². The lowest BCUT2D eigenvalue weighted by atomic mass is 9.52. The van der Waals surface area contributed by atoms with Crippen LogP contribution in [0.25, 0.3) is 0 Å². The van der Waals surface area contributed by atoms with Crippen molar-refractivity contribution in [3.05, 3.63) is 17.8 Å². The number of piperidine rings is 1. The SMILES string of the molecule is Cc1nc(N2CC[C@H]3CCCC[C@@H]3C2)ccc1NC1CC2(CC(N)C2)C1. The van der Waals surface area contributed by atoms with Crippen molar-refractivity contribution in [2.24, 2.45) is 23.0 Å². The molecule has 2 heterocycles. The number of aryl methyl sites for hydroxylation is 1. The van der Waals surface area contributed by atoms with Crippen LogP contribution in [0.1, 0.15) is 63.5 Å². The van der Waals surface area contributed by atoms with Crippen LogP contribution in [0.3, 0.4) is 0 Å². The molecule has 4 heteroatoms. The molecule has 26 heavy (non-hydrogen) atoms. The van der Waals surface area contributed by atoms with Gasteiger partial charge in [-0.15, -0.1) is 0 Å². The summed E-state index contributed by atoms with van der Waals surface area (Å²) in [6.07, 6.45) is 12.2. The van der Waals surface area contributed by atoms with E-state index < -0.39 is 0 Å². The van der Waals surface area contributed by atoms with E-state index in [1.54, 1.807) is 0 Å². The van der Waals surface area contributed by atoms with Crippen LogP contribution in [0.4, 0.5) is 11.5 Å². The summed E-state index contributed by atoms with van der Waals surface area (Å²) in [5.74, 6) is 3.07. The van der Waals surface area contributed by atoms with E-state index in [1.165, 1.54) is 82.4 Å². The molecule has 3 N–H and O–H groups in total. The molecule has 142 valence electrons. The second-order valence-electron chi connectivity index (χ2n) is 9.76. The molecule has 0 aromatic carbocycles. The summed E-state index contributed by atoms with van der Waals surface area (Å²) in [5, 5.41) is 3.74. The maximum atomic E-state index is 5.98. The molecular weight excluding hydrogens is 320 g/mol. The Bertz CT molecular complexity index is 658. The summed E-state index contributed by atoms with van der Waals surface area (Å²) in [5.41, 5.74) is 8.94. The first-order chi connectivity index (χ1) is 12.6. The van der Waals surface area contributed by atoms with Crippen molar-refractivity contribution in [2.45, 2.75) is 76.8 Å². The maximum Gasteiger partial charge on any atom is 0.128 e. The Labute approximate surface area is 157 Å². The first kappa shape index (κ1) is 16.9. The third-order valence-corrected chi connectivity index (χ3v) is 7.80. The summed E-state index contributed by atoms with van der Waals surface area (Å²) in [7, 11) is 0. The first-order valence-corrected chi connectivity index (χ1v) is 10.8. The van der Waals surface area contributed by atoms with Gasteiger partial charge in [-0.2, -0.15) is 0 Å². The Morgan fingerprint density at radius 3 is 2.58 bits per heavy atom. The van der Waals surface area contributed by atoms with Crippen LogP contribution in [0.5, 0.6) is 0 Å². The molecule has 1 spiro atoms. The third kappa shape index (κ3) is 3.00. The summed E-state index contributed by atoms with van der Waals surface area (Å²) in [6, 6.07) is 5.59. The summed E-state index contributed by atoms with van der Waals surface area (Å²) < 4.78 is 0. The fraction of sp³-hybridized carbons (Fsp3) is 0.773. The van der Waals surface area contributed by atoms with Gasteiger partial charge in [0.2, 0.25) is 0 Å². The molecule has 4 fully saturated rings. The van der Waals surface area contributed by atoms with Gasteiger partial charge in [0.25, 0.3) is 0 Å². The van der Waals surface area contributed by atoms with Crippen LogP contribution in [-0.2, 0) is 0 Å². The van der Waals surface area contributed by atoms with E-state index in [-0.39, 0.29) is 0 Å². The van der Waals surface area contributed by atoms with E-state index in [1.807, 2.05) is 0 Å². The van der Waals surface area contributed by atoms with Crippen molar-refractivity contribution in [1.82, 2.24) is 4.98 Å². The molecule has 1 aromatic heterocycles. The minimum absolute atomic E-state index is 0.465. The molecule has 2 atom stereocenters. The van der Waals surface area contributed by atoms with Gasteiger partial charge < -0.3 is 16.0 Å². The van der Waals surface area contributed by atoms with Crippen LogP contribution in [-0.4, -0.2) is 30.2 Å². The van der Waals surface area contributed by atoms with Crippen molar-refractivity contribution in [2.75, 3.05) is 23.3 Å². The van der Waals surface area contributed by atoms with Crippen molar-refractivity contribution < 1.29 is 0 Å². The molecule has 4 aliphatic rings. The van der Waals surface area contributed by atoms with Crippen molar-refractivity contribution >= 4 is 11.5 Å². The van der Waals surface area contributed by atoms with Crippen LogP contribution >= 0.6 is 0 Å². The molecular formula is C22H34N4. The van der Waals surface area contributed by atoms with Gasteiger partial charge in [0, 0.05) is 25.2 Å². The lowest BCUT2D eigenvalue weighted by Crippen LogP contribution is -2.57. The average Bonchev–Trinajstić information content (AvgIpc) is 2.59. The van der Waals surface area contributed by atoms with E-state index in [0.29, 0.717) is 17.5 Å². The van der Waals surface area contributed by atoms with Crippen molar-refractivity contribution in [3.8, 4) is 0 Å². The molecule has 0 bridgehead atoms. The third-order valence-electron chi connectivity index (χ3n) is 7.80. The summed E-state index contributed by atoms with van der Waals surface area (Å²) in [6.45, 7) is 4.56. The average molecular weight is 355 g/mol. The first-order valence-electron chi connectivity index (χ1n) is 10.8. The van der Waals surface area contributed by atoms with Crippen molar-refractivity contribution in [3.63, 3.8) is 0 Å². The fourth-order valence-electron chi connectivity index (χ4n) is 6.38. The lowest BCUT2D eigenvalue weighted by molar-refractivity contribution is 0.00118. The highest BCUT2D eigenvalue weighted by Crippen LogP contribution is 2.56. The lowest BCUT2D eigenvalue weighted by Gasteiger charge is -2.57. The zero-order valence-corrected chi connectivity index (χ0v) is 16.2. The quantitative estimate of drug-likeness (QED) is 0.858. The van der Waals surface area contributed by atoms with Gasteiger partial charge in [0.1, 0.15) is 5.82 Å². The summed E-state index contributed by atoms with van der Waals surface area (Å²) >= 11 is 0. The molecule has 4 nitrogen and oxygen atoms in total. The number of anilines is 2. The highest BCUT2D eigenvalue weighted by molar-refractivity contribution is 5.54. The Kier molecular flexibility index (Phi) is 4.15. The van der Waals surface area contributed by atoms with Gasteiger partial charge in [-0.3, -0.25) is 0 Å². The Balaban J connectivity index is 1.20. The molecule has 1 aromatic rings. The number of aromatic nitrogens is 1. The van der Waals surface area contributed by atoms with Gasteiger partial charge >= 0.3 is 0 Å². The number of nitrogens with zero attached hydrogens (tertiary/aromatic N) is 2. The fourth-order valence-corrected chi connectivity index (χ4v) is 6.38. The van der Waals surface area contributed by atoms with E-state index >= 15 is 0 Å². The molecule has 3 saturated carbocycles. The van der Waals surface area contributed by atoms with Gasteiger partial charge in [-0.05, 0) is 74.8 Å². The van der Waals surface area contributed by atoms with Crippen LogP contribution in [0.2, 0.25) is 0 Å². The second-order valence-corrected chi connectivity index (χ2v) is 9.76. The molecule has 5 rings (SSSR count). The number of hydrogen-bond acceptors (Lipinski definition) is 4. The summed E-state index contributed by atoms with van der Waals surface area (Å²) in [4.78, 5) is 7.51. The van der Waals surface area contributed by atoms with E-state index in [9.17, 15) is 0 Å². The molecule has 1 saturated heterocycles. The Hall–Kier alpha value is -1.29.